The van der Waals surface area contributed by atoms with Gasteiger partial charge in [0.1, 0.15) is 0 Å². The molecule has 140 valence electrons. The summed E-state index contributed by atoms with van der Waals surface area (Å²) < 4.78 is 0. The van der Waals surface area contributed by atoms with E-state index in [0.29, 0.717) is 12.2 Å². The molecule has 0 atom stereocenters. The van der Waals surface area contributed by atoms with Crippen molar-refractivity contribution in [3.05, 3.63) is 42.0 Å². The standard InChI is InChI=1S/C21H28N2O2S/c1-17(2)8-11-23-16-21(14-19(23)24)9-12-22(13-10-21)20(25)15-26-18-6-4-3-5-7-18/h3-8H,9-16H2,1-2H3. The Morgan fingerprint density at radius 1 is 1.19 bits per heavy atom. The van der Waals surface area contributed by atoms with Crippen LogP contribution in [0.15, 0.2) is 46.9 Å². The molecule has 3 rings (SSSR count). The molecule has 26 heavy (non-hydrogen) atoms. The number of hydrogen-bond donors (Lipinski definition) is 0. The minimum Gasteiger partial charge on any atom is -0.342 e. The van der Waals surface area contributed by atoms with E-state index in [2.05, 4.69) is 19.9 Å². The van der Waals surface area contributed by atoms with E-state index in [0.717, 1.165) is 43.9 Å². The minimum atomic E-state index is 0.0793. The number of amides is 2. The Morgan fingerprint density at radius 3 is 2.54 bits per heavy atom. The average molecular weight is 373 g/mol. The van der Waals surface area contributed by atoms with Crippen molar-refractivity contribution < 1.29 is 9.59 Å². The van der Waals surface area contributed by atoms with Crippen LogP contribution in [0.1, 0.15) is 33.1 Å². The molecule has 2 saturated heterocycles. The first-order valence-electron chi connectivity index (χ1n) is 9.34. The normalized spacial score (nSPS) is 19.1. The number of nitrogens with zero attached hydrogens (tertiary/aromatic N) is 2. The molecule has 2 aliphatic rings. The molecule has 1 aromatic carbocycles. The highest BCUT2D eigenvalue weighted by Gasteiger charge is 2.44. The molecule has 0 bridgehead atoms. The molecule has 0 N–H and O–H groups in total. The molecule has 0 aliphatic carbocycles. The summed E-state index contributed by atoms with van der Waals surface area (Å²) in [7, 11) is 0. The van der Waals surface area contributed by atoms with Gasteiger partial charge in [0.25, 0.3) is 0 Å². The first kappa shape index (κ1) is 19.0. The number of allylic oxidation sites excluding steroid dienone is 1. The second-order valence-electron chi connectivity index (χ2n) is 7.72. The number of carbonyl (C=O) groups is 2. The van der Waals surface area contributed by atoms with Crippen molar-refractivity contribution in [1.29, 1.82) is 0 Å². The maximum absolute atomic E-state index is 12.5. The molecule has 0 radical (unpaired) electrons. The van der Waals surface area contributed by atoms with Crippen molar-refractivity contribution in [1.82, 2.24) is 9.80 Å². The van der Waals surface area contributed by atoms with Gasteiger partial charge in [-0.15, -0.1) is 11.8 Å². The number of piperidine rings is 1. The zero-order valence-electron chi connectivity index (χ0n) is 15.7. The molecule has 2 aliphatic heterocycles. The second kappa shape index (κ2) is 8.30. The summed E-state index contributed by atoms with van der Waals surface area (Å²) in [5, 5.41) is 0. The number of thioether (sulfide) groups is 1. The Balaban J connectivity index is 1.48. The van der Waals surface area contributed by atoms with Gasteiger partial charge in [-0.1, -0.05) is 29.8 Å². The Hall–Kier alpha value is -1.75. The average Bonchev–Trinajstić information content (AvgIpc) is 2.94. The van der Waals surface area contributed by atoms with E-state index in [1.165, 1.54) is 5.57 Å². The van der Waals surface area contributed by atoms with Crippen LogP contribution >= 0.6 is 11.8 Å². The van der Waals surface area contributed by atoms with E-state index in [4.69, 9.17) is 0 Å². The van der Waals surface area contributed by atoms with Crippen molar-refractivity contribution in [2.45, 2.75) is 38.0 Å². The quantitative estimate of drug-likeness (QED) is 0.586. The fraction of sp³-hybridized carbons (Fsp3) is 0.524. The summed E-state index contributed by atoms with van der Waals surface area (Å²) in [5.74, 6) is 0.962. The van der Waals surface area contributed by atoms with E-state index < -0.39 is 0 Å². The molecular weight excluding hydrogens is 344 g/mol. The first-order valence-corrected chi connectivity index (χ1v) is 10.3. The van der Waals surface area contributed by atoms with E-state index in [-0.39, 0.29) is 17.2 Å². The fourth-order valence-electron chi connectivity index (χ4n) is 3.76. The molecule has 4 nitrogen and oxygen atoms in total. The topological polar surface area (TPSA) is 40.6 Å². The Bertz CT molecular complexity index is 675. The van der Waals surface area contributed by atoms with E-state index >= 15 is 0 Å². The summed E-state index contributed by atoms with van der Waals surface area (Å²) in [6.45, 7) is 7.24. The van der Waals surface area contributed by atoms with Gasteiger partial charge < -0.3 is 9.80 Å². The van der Waals surface area contributed by atoms with Crippen LogP contribution in [-0.4, -0.2) is 53.5 Å². The molecule has 1 aromatic rings. The highest BCUT2D eigenvalue weighted by molar-refractivity contribution is 8.00. The van der Waals surface area contributed by atoms with E-state index in [9.17, 15) is 9.59 Å². The number of hydrogen-bond acceptors (Lipinski definition) is 3. The second-order valence-corrected chi connectivity index (χ2v) is 8.76. The van der Waals surface area contributed by atoms with E-state index in [1.807, 2.05) is 40.1 Å². The van der Waals surface area contributed by atoms with Crippen molar-refractivity contribution in [3.8, 4) is 0 Å². The predicted molar refractivity (Wildman–Crippen MR) is 106 cm³/mol. The molecular formula is C21H28N2O2S. The molecule has 0 aromatic heterocycles. The molecule has 2 heterocycles. The summed E-state index contributed by atoms with van der Waals surface area (Å²) in [6, 6.07) is 10.0. The summed E-state index contributed by atoms with van der Waals surface area (Å²) >= 11 is 1.60. The van der Waals surface area contributed by atoms with Gasteiger partial charge in [-0.25, -0.2) is 0 Å². The van der Waals surface area contributed by atoms with Crippen LogP contribution in [0.5, 0.6) is 0 Å². The maximum Gasteiger partial charge on any atom is 0.232 e. The lowest BCUT2D eigenvalue weighted by Gasteiger charge is -2.38. The number of rotatable bonds is 5. The van der Waals surface area contributed by atoms with Gasteiger partial charge in [-0.2, -0.15) is 0 Å². The Labute approximate surface area is 160 Å². The number of likely N-dealkylation sites (tertiary alicyclic amines) is 2. The lowest BCUT2D eigenvalue weighted by molar-refractivity contribution is -0.130. The molecule has 1 spiro atoms. The van der Waals surface area contributed by atoms with Gasteiger partial charge in [-0.05, 0) is 38.8 Å². The fourth-order valence-corrected chi connectivity index (χ4v) is 4.58. The summed E-state index contributed by atoms with van der Waals surface area (Å²) in [4.78, 5) is 29.9. The molecule has 0 saturated carbocycles. The monoisotopic (exact) mass is 372 g/mol. The van der Waals surface area contributed by atoms with Crippen molar-refractivity contribution >= 4 is 23.6 Å². The van der Waals surface area contributed by atoms with Crippen LogP contribution < -0.4 is 0 Å². The smallest absolute Gasteiger partial charge is 0.232 e. The third-order valence-electron chi connectivity index (χ3n) is 5.41. The highest BCUT2D eigenvalue weighted by atomic mass is 32.2. The SMILES string of the molecule is CC(C)=CCN1CC2(CCN(C(=O)CSc3ccccc3)CC2)CC1=O. The summed E-state index contributed by atoms with van der Waals surface area (Å²) in [6.07, 6.45) is 4.64. The predicted octanol–water partition coefficient (Wildman–Crippen LogP) is 3.59. The molecule has 2 fully saturated rings. The maximum atomic E-state index is 12.5. The van der Waals surface area contributed by atoms with E-state index in [1.54, 1.807) is 11.8 Å². The van der Waals surface area contributed by atoms with Crippen LogP contribution in [0.4, 0.5) is 0 Å². The van der Waals surface area contributed by atoms with Gasteiger partial charge in [-0.3, -0.25) is 9.59 Å². The largest absolute Gasteiger partial charge is 0.342 e. The minimum absolute atomic E-state index is 0.0793. The van der Waals surface area contributed by atoms with Crippen LogP contribution in [0.25, 0.3) is 0 Å². The van der Waals surface area contributed by atoms with Gasteiger partial charge in [0.05, 0.1) is 5.75 Å². The van der Waals surface area contributed by atoms with Crippen molar-refractivity contribution in [3.63, 3.8) is 0 Å². The lowest BCUT2D eigenvalue weighted by Crippen LogP contribution is -2.44. The third-order valence-corrected chi connectivity index (χ3v) is 6.40. The number of benzene rings is 1. The number of carbonyl (C=O) groups excluding carboxylic acids is 2. The molecule has 5 heteroatoms. The Kier molecular flexibility index (Phi) is 6.07. The third kappa shape index (κ3) is 4.70. The first-order chi connectivity index (χ1) is 12.5. The van der Waals surface area contributed by atoms with Crippen LogP contribution in [0.3, 0.4) is 0 Å². The van der Waals surface area contributed by atoms with Crippen molar-refractivity contribution in [2.75, 3.05) is 31.9 Å². The van der Waals surface area contributed by atoms with Crippen LogP contribution in [0.2, 0.25) is 0 Å². The summed E-state index contributed by atoms with van der Waals surface area (Å²) in [5.41, 5.74) is 1.32. The molecule has 0 unspecified atom stereocenters. The molecule has 2 amide bonds. The lowest BCUT2D eigenvalue weighted by atomic mass is 9.77. The van der Waals surface area contributed by atoms with Crippen molar-refractivity contribution in [2.24, 2.45) is 5.41 Å². The van der Waals surface area contributed by atoms with Crippen LogP contribution in [-0.2, 0) is 9.59 Å². The highest BCUT2D eigenvalue weighted by Crippen LogP contribution is 2.41. The van der Waals surface area contributed by atoms with Gasteiger partial charge in [0.2, 0.25) is 11.8 Å². The zero-order valence-corrected chi connectivity index (χ0v) is 16.6. The zero-order chi connectivity index (χ0) is 18.6. The van der Waals surface area contributed by atoms with Gasteiger partial charge in [0.15, 0.2) is 0 Å². The Morgan fingerprint density at radius 2 is 1.88 bits per heavy atom. The van der Waals surface area contributed by atoms with Gasteiger partial charge in [0, 0.05) is 42.9 Å². The van der Waals surface area contributed by atoms with Crippen LogP contribution in [0, 0.1) is 5.41 Å². The van der Waals surface area contributed by atoms with Gasteiger partial charge >= 0.3 is 0 Å².